The Bertz CT molecular complexity index is 462. The van der Waals surface area contributed by atoms with E-state index in [1.54, 1.807) is 0 Å². The number of hydrogen-bond donors (Lipinski definition) is 1. The van der Waals surface area contributed by atoms with E-state index in [1.165, 1.54) is 5.39 Å². The SMILES string of the molecule is CC(C)OCc1cc2cccc(Br)c2[nH]1. The molecule has 2 nitrogen and oxygen atoms in total. The number of para-hydroxylation sites is 1. The van der Waals surface area contributed by atoms with Gasteiger partial charge >= 0.3 is 0 Å². The van der Waals surface area contributed by atoms with Crippen molar-refractivity contribution in [3.8, 4) is 0 Å². The normalized spacial score (nSPS) is 11.5. The fourth-order valence-corrected chi connectivity index (χ4v) is 1.99. The minimum atomic E-state index is 0.264. The van der Waals surface area contributed by atoms with Gasteiger partial charge in [-0.05, 0) is 41.9 Å². The summed E-state index contributed by atoms with van der Waals surface area (Å²) in [6.07, 6.45) is 0.264. The molecule has 0 unspecified atom stereocenters. The van der Waals surface area contributed by atoms with Gasteiger partial charge in [-0.25, -0.2) is 0 Å². The van der Waals surface area contributed by atoms with E-state index in [9.17, 15) is 0 Å². The molecule has 0 saturated carbocycles. The minimum absolute atomic E-state index is 0.264. The van der Waals surface area contributed by atoms with Crippen LogP contribution in [0.1, 0.15) is 19.5 Å². The summed E-state index contributed by atoms with van der Waals surface area (Å²) in [5.74, 6) is 0. The molecule has 0 aliphatic heterocycles. The smallest absolute Gasteiger partial charge is 0.0869 e. The quantitative estimate of drug-likeness (QED) is 0.898. The Hall–Kier alpha value is -0.800. The van der Waals surface area contributed by atoms with Gasteiger partial charge in [0, 0.05) is 15.6 Å². The Morgan fingerprint density at radius 3 is 2.87 bits per heavy atom. The summed E-state index contributed by atoms with van der Waals surface area (Å²) in [6, 6.07) is 8.29. The van der Waals surface area contributed by atoms with Gasteiger partial charge in [0.2, 0.25) is 0 Å². The number of H-pyrrole nitrogens is 1. The molecule has 0 spiro atoms. The molecule has 1 heterocycles. The van der Waals surface area contributed by atoms with E-state index in [-0.39, 0.29) is 6.10 Å². The number of fused-ring (bicyclic) bond motifs is 1. The molecule has 0 atom stereocenters. The predicted molar refractivity (Wildman–Crippen MR) is 65.9 cm³/mol. The molecule has 0 bridgehead atoms. The van der Waals surface area contributed by atoms with E-state index in [1.807, 2.05) is 26.0 Å². The summed E-state index contributed by atoms with van der Waals surface area (Å²) < 4.78 is 6.64. The average Bonchev–Trinajstić information content (AvgIpc) is 2.59. The summed E-state index contributed by atoms with van der Waals surface area (Å²) in [4.78, 5) is 3.35. The maximum atomic E-state index is 5.55. The predicted octanol–water partition coefficient (Wildman–Crippen LogP) is 3.86. The Balaban J connectivity index is 2.27. The molecule has 0 amide bonds. The zero-order valence-electron chi connectivity index (χ0n) is 8.88. The van der Waals surface area contributed by atoms with E-state index < -0.39 is 0 Å². The van der Waals surface area contributed by atoms with Gasteiger partial charge in [0.25, 0.3) is 0 Å². The van der Waals surface area contributed by atoms with Crippen molar-refractivity contribution in [3.05, 3.63) is 34.4 Å². The summed E-state index contributed by atoms with van der Waals surface area (Å²) >= 11 is 3.52. The number of aromatic amines is 1. The largest absolute Gasteiger partial charge is 0.373 e. The molecule has 3 heteroatoms. The summed E-state index contributed by atoms with van der Waals surface area (Å²) in [5.41, 5.74) is 2.26. The van der Waals surface area contributed by atoms with Crippen LogP contribution < -0.4 is 0 Å². The number of hydrogen-bond acceptors (Lipinski definition) is 1. The Labute approximate surface area is 97.8 Å². The van der Waals surface area contributed by atoms with Crippen molar-refractivity contribution < 1.29 is 4.74 Å². The van der Waals surface area contributed by atoms with Crippen LogP contribution >= 0.6 is 15.9 Å². The molecule has 0 radical (unpaired) electrons. The molecule has 2 rings (SSSR count). The van der Waals surface area contributed by atoms with Gasteiger partial charge in [-0.1, -0.05) is 12.1 Å². The fraction of sp³-hybridized carbons (Fsp3) is 0.333. The highest BCUT2D eigenvalue weighted by molar-refractivity contribution is 9.10. The van der Waals surface area contributed by atoms with E-state index >= 15 is 0 Å². The van der Waals surface area contributed by atoms with Gasteiger partial charge in [0.1, 0.15) is 0 Å². The summed E-state index contributed by atoms with van der Waals surface area (Å²) in [6.45, 7) is 4.72. The van der Waals surface area contributed by atoms with Crippen molar-refractivity contribution in [3.63, 3.8) is 0 Å². The van der Waals surface area contributed by atoms with Gasteiger partial charge in [-0.2, -0.15) is 0 Å². The second-order valence-corrected chi connectivity index (χ2v) is 4.71. The second kappa shape index (κ2) is 4.37. The first-order valence-electron chi connectivity index (χ1n) is 5.04. The molecule has 2 aromatic rings. The number of rotatable bonds is 3. The van der Waals surface area contributed by atoms with E-state index in [2.05, 4.69) is 33.0 Å². The van der Waals surface area contributed by atoms with E-state index in [4.69, 9.17) is 4.74 Å². The lowest BCUT2D eigenvalue weighted by Crippen LogP contribution is -2.02. The van der Waals surface area contributed by atoms with Crippen molar-refractivity contribution in [2.45, 2.75) is 26.6 Å². The molecule has 80 valence electrons. The molecule has 0 aliphatic rings. The fourth-order valence-electron chi connectivity index (χ4n) is 1.51. The van der Waals surface area contributed by atoms with Crippen molar-refractivity contribution >= 4 is 26.8 Å². The van der Waals surface area contributed by atoms with Crippen LogP contribution in [0.2, 0.25) is 0 Å². The molecule has 0 fully saturated rings. The highest BCUT2D eigenvalue weighted by atomic mass is 79.9. The lowest BCUT2D eigenvalue weighted by atomic mass is 10.2. The van der Waals surface area contributed by atoms with Crippen LogP contribution in [0.4, 0.5) is 0 Å². The number of nitrogens with one attached hydrogen (secondary N) is 1. The van der Waals surface area contributed by atoms with Gasteiger partial charge in [0.05, 0.1) is 18.2 Å². The van der Waals surface area contributed by atoms with Crippen LogP contribution in [-0.4, -0.2) is 11.1 Å². The lowest BCUT2D eigenvalue weighted by Gasteiger charge is -2.04. The highest BCUT2D eigenvalue weighted by Gasteiger charge is 2.04. The number of aromatic nitrogens is 1. The third-order valence-corrected chi connectivity index (χ3v) is 2.89. The summed E-state index contributed by atoms with van der Waals surface area (Å²) in [7, 11) is 0. The molecule has 1 aromatic carbocycles. The van der Waals surface area contributed by atoms with Crippen LogP contribution in [0.5, 0.6) is 0 Å². The third-order valence-electron chi connectivity index (χ3n) is 2.23. The van der Waals surface area contributed by atoms with Crippen LogP contribution in [0, 0.1) is 0 Å². The lowest BCUT2D eigenvalue weighted by molar-refractivity contribution is 0.0639. The van der Waals surface area contributed by atoms with Crippen molar-refractivity contribution in [2.75, 3.05) is 0 Å². The maximum absolute atomic E-state index is 5.55. The topological polar surface area (TPSA) is 25.0 Å². The van der Waals surface area contributed by atoms with Gasteiger partial charge < -0.3 is 9.72 Å². The Kier molecular flexibility index (Phi) is 3.12. The van der Waals surface area contributed by atoms with Crippen LogP contribution in [-0.2, 0) is 11.3 Å². The van der Waals surface area contributed by atoms with Crippen LogP contribution in [0.15, 0.2) is 28.7 Å². The second-order valence-electron chi connectivity index (χ2n) is 3.86. The van der Waals surface area contributed by atoms with Gasteiger partial charge in [-0.15, -0.1) is 0 Å². The monoisotopic (exact) mass is 267 g/mol. The average molecular weight is 268 g/mol. The first kappa shape index (κ1) is 10.7. The van der Waals surface area contributed by atoms with Crippen LogP contribution in [0.25, 0.3) is 10.9 Å². The molecular weight excluding hydrogens is 254 g/mol. The highest BCUT2D eigenvalue weighted by Crippen LogP contribution is 2.24. The Morgan fingerprint density at radius 2 is 2.20 bits per heavy atom. The van der Waals surface area contributed by atoms with Crippen molar-refractivity contribution in [2.24, 2.45) is 0 Å². The number of ether oxygens (including phenoxy) is 1. The summed E-state index contributed by atoms with van der Waals surface area (Å²) in [5, 5.41) is 1.21. The number of benzene rings is 1. The molecule has 1 N–H and O–H groups in total. The Morgan fingerprint density at radius 1 is 1.40 bits per heavy atom. The standard InChI is InChI=1S/C12H14BrNO/c1-8(2)15-7-10-6-9-4-3-5-11(13)12(9)14-10/h3-6,8,14H,7H2,1-2H3. The molecule has 0 saturated heterocycles. The minimum Gasteiger partial charge on any atom is -0.373 e. The molecular formula is C12H14BrNO. The van der Waals surface area contributed by atoms with Gasteiger partial charge in [0.15, 0.2) is 0 Å². The first-order valence-corrected chi connectivity index (χ1v) is 5.84. The molecule has 15 heavy (non-hydrogen) atoms. The maximum Gasteiger partial charge on any atom is 0.0869 e. The van der Waals surface area contributed by atoms with Crippen molar-refractivity contribution in [1.82, 2.24) is 4.98 Å². The zero-order valence-corrected chi connectivity index (χ0v) is 10.5. The molecule has 1 aromatic heterocycles. The van der Waals surface area contributed by atoms with E-state index in [0.717, 1.165) is 15.7 Å². The zero-order chi connectivity index (χ0) is 10.8. The number of halogens is 1. The van der Waals surface area contributed by atoms with Gasteiger partial charge in [-0.3, -0.25) is 0 Å². The molecule has 0 aliphatic carbocycles. The van der Waals surface area contributed by atoms with E-state index in [0.29, 0.717) is 6.61 Å². The van der Waals surface area contributed by atoms with Crippen molar-refractivity contribution in [1.29, 1.82) is 0 Å². The third kappa shape index (κ3) is 2.41. The van der Waals surface area contributed by atoms with Crippen LogP contribution in [0.3, 0.4) is 0 Å². The first-order chi connectivity index (χ1) is 7.16.